The number of hydrogen-bond acceptors (Lipinski definition) is 3. The molecule has 0 aliphatic carbocycles. The van der Waals surface area contributed by atoms with Gasteiger partial charge in [0.25, 0.3) is 0 Å². The number of aryl methyl sites for hydroxylation is 1. The summed E-state index contributed by atoms with van der Waals surface area (Å²) in [7, 11) is 6.10. The summed E-state index contributed by atoms with van der Waals surface area (Å²) >= 11 is 0. The average Bonchev–Trinajstić information content (AvgIpc) is 3.05. The maximum atomic E-state index is 4.26. The minimum atomic E-state index is 0. The van der Waals surface area contributed by atoms with E-state index in [2.05, 4.69) is 39.7 Å². The zero-order chi connectivity index (χ0) is 16.8. The number of rotatable bonds is 12. The van der Waals surface area contributed by atoms with E-state index in [1.165, 1.54) is 38.6 Å². The van der Waals surface area contributed by atoms with Gasteiger partial charge in [0.2, 0.25) is 0 Å². The molecule has 0 saturated carbocycles. The number of hydrogen-bond donors (Lipinski definition) is 2. The van der Waals surface area contributed by atoms with Crippen molar-refractivity contribution in [1.82, 2.24) is 25.3 Å². The predicted octanol–water partition coefficient (Wildman–Crippen LogP) is 2.57. The summed E-state index contributed by atoms with van der Waals surface area (Å²) in [6.45, 7) is 4.04. The number of guanidine groups is 1. The maximum absolute atomic E-state index is 4.26. The molecule has 0 atom stereocenters. The van der Waals surface area contributed by atoms with Crippen molar-refractivity contribution < 1.29 is 0 Å². The van der Waals surface area contributed by atoms with Gasteiger partial charge < -0.3 is 15.5 Å². The molecule has 6 nitrogen and oxygen atoms in total. The highest BCUT2D eigenvalue weighted by molar-refractivity contribution is 14.0. The molecule has 0 aliphatic heterocycles. The third-order valence-electron chi connectivity index (χ3n) is 3.71. The second-order valence-corrected chi connectivity index (χ2v) is 6.12. The van der Waals surface area contributed by atoms with Crippen LogP contribution in [0.25, 0.3) is 0 Å². The molecule has 0 aliphatic rings. The van der Waals surface area contributed by atoms with Crippen molar-refractivity contribution in [1.29, 1.82) is 0 Å². The molecule has 0 aromatic carbocycles. The van der Waals surface area contributed by atoms with Crippen molar-refractivity contribution in [3.05, 3.63) is 18.5 Å². The van der Waals surface area contributed by atoms with Crippen LogP contribution in [-0.4, -0.2) is 61.4 Å². The summed E-state index contributed by atoms with van der Waals surface area (Å²) in [6.07, 6.45) is 11.3. The Balaban J connectivity index is 0.00000529. The van der Waals surface area contributed by atoms with Crippen LogP contribution in [0, 0.1) is 0 Å². The molecule has 1 aromatic heterocycles. The first-order chi connectivity index (χ1) is 11.2. The lowest BCUT2D eigenvalue weighted by Gasteiger charge is -2.12. The first-order valence-electron chi connectivity index (χ1n) is 8.79. The van der Waals surface area contributed by atoms with E-state index in [0.717, 1.165) is 32.0 Å². The van der Waals surface area contributed by atoms with Crippen molar-refractivity contribution >= 4 is 29.9 Å². The van der Waals surface area contributed by atoms with Crippen LogP contribution in [0.1, 0.15) is 38.5 Å². The van der Waals surface area contributed by atoms with Crippen LogP contribution in [0.5, 0.6) is 0 Å². The minimum Gasteiger partial charge on any atom is -0.356 e. The molecule has 1 heterocycles. The molecular weight excluding hydrogens is 415 g/mol. The van der Waals surface area contributed by atoms with Crippen LogP contribution in [0.15, 0.2) is 23.5 Å². The normalized spacial score (nSPS) is 11.4. The highest BCUT2D eigenvalue weighted by Crippen LogP contribution is 2.02. The molecule has 0 radical (unpaired) electrons. The highest BCUT2D eigenvalue weighted by atomic mass is 127. The van der Waals surface area contributed by atoms with Crippen molar-refractivity contribution in [3.8, 4) is 0 Å². The average molecular weight is 450 g/mol. The molecule has 0 fully saturated rings. The van der Waals surface area contributed by atoms with Crippen LogP contribution < -0.4 is 10.6 Å². The monoisotopic (exact) mass is 450 g/mol. The molecule has 2 N–H and O–H groups in total. The van der Waals surface area contributed by atoms with E-state index < -0.39 is 0 Å². The van der Waals surface area contributed by atoms with Gasteiger partial charge in [-0.2, -0.15) is 5.10 Å². The number of aliphatic imine (C=N–C) groups is 1. The van der Waals surface area contributed by atoms with Crippen LogP contribution in [0.2, 0.25) is 0 Å². The van der Waals surface area contributed by atoms with Gasteiger partial charge in [-0.1, -0.05) is 19.3 Å². The number of nitrogens with one attached hydrogen (secondary N) is 2. The van der Waals surface area contributed by atoms with E-state index in [1.54, 1.807) is 0 Å². The molecule has 0 bridgehead atoms. The largest absolute Gasteiger partial charge is 0.356 e. The number of aromatic nitrogens is 2. The molecule has 24 heavy (non-hydrogen) atoms. The second kappa shape index (κ2) is 15.7. The van der Waals surface area contributed by atoms with Gasteiger partial charge in [0.05, 0.1) is 0 Å². The van der Waals surface area contributed by atoms with Crippen molar-refractivity contribution in [3.63, 3.8) is 0 Å². The molecule has 0 unspecified atom stereocenters. The number of unbranched alkanes of at least 4 members (excludes halogenated alkanes) is 4. The van der Waals surface area contributed by atoms with Gasteiger partial charge in [0.1, 0.15) is 0 Å². The van der Waals surface area contributed by atoms with Gasteiger partial charge in [-0.05, 0) is 46.0 Å². The van der Waals surface area contributed by atoms with Gasteiger partial charge in [0, 0.05) is 39.1 Å². The van der Waals surface area contributed by atoms with Crippen molar-refractivity contribution in [2.24, 2.45) is 4.99 Å². The third kappa shape index (κ3) is 12.6. The topological polar surface area (TPSA) is 57.5 Å². The summed E-state index contributed by atoms with van der Waals surface area (Å²) in [5, 5.41) is 10.9. The fourth-order valence-electron chi connectivity index (χ4n) is 2.39. The summed E-state index contributed by atoms with van der Waals surface area (Å²) in [5.41, 5.74) is 0. The Hall–Kier alpha value is -0.830. The van der Waals surface area contributed by atoms with Crippen molar-refractivity contribution in [2.75, 3.05) is 40.8 Å². The zero-order valence-corrected chi connectivity index (χ0v) is 17.8. The lowest BCUT2D eigenvalue weighted by Crippen LogP contribution is -2.38. The molecule has 0 amide bonds. The molecule has 1 rings (SSSR count). The Bertz CT molecular complexity index is 405. The van der Waals surface area contributed by atoms with E-state index in [1.807, 2.05) is 30.2 Å². The van der Waals surface area contributed by atoms with Crippen molar-refractivity contribution in [2.45, 2.75) is 45.1 Å². The first kappa shape index (κ1) is 23.2. The van der Waals surface area contributed by atoms with Gasteiger partial charge in [0.15, 0.2) is 5.96 Å². The van der Waals surface area contributed by atoms with E-state index in [0.29, 0.717) is 0 Å². The molecule has 1 aromatic rings. The standard InChI is InChI=1S/C17H34N6.HI/c1-18-17(20-12-9-15-23-16-10-13-21-23)19-11-7-5-4-6-8-14-22(2)3;/h10,13,16H,4-9,11-12,14-15H2,1-3H3,(H2,18,19,20);1H. The lowest BCUT2D eigenvalue weighted by molar-refractivity contribution is 0.389. The van der Waals surface area contributed by atoms with E-state index in [-0.39, 0.29) is 24.0 Å². The Morgan fingerprint density at radius 2 is 1.71 bits per heavy atom. The smallest absolute Gasteiger partial charge is 0.190 e. The first-order valence-corrected chi connectivity index (χ1v) is 8.79. The number of nitrogens with zero attached hydrogens (tertiary/aromatic N) is 4. The third-order valence-corrected chi connectivity index (χ3v) is 3.71. The van der Waals surface area contributed by atoms with Gasteiger partial charge >= 0.3 is 0 Å². The SMILES string of the molecule is CN=C(NCCCCCCCN(C)C)NCCCn1cccn1.I. The zero-order valence-electron chi connectivity index (χ0n) is 15.5. The van der Waals surface area contributed by atoms with E-state index >= 15 is 0 Å². The summed E-state index contributed by atoms with van der Waals surface area (Å²) in [4.78, 5) is 6.51. The summed E-state index contributed by atoms with van der Waals surface area (Å²) in [6, 6.07) is 1.95. The molecule has 0 saturated heterocycles. The van der Waals surface area contributed by atoms with Crippen LogP contribution >= 0.6 is 24.0 Å². The van der Waals surface area contributed by atoms with Gasteiger partial charge in [-0.25, -0.2) is 0 Å². The Morgan fingerprint density at radius 3 is 2.33 bits per heavy atom. The lowest BCUT2D eigenvalue weighted by atomic mass is 10.1. The maximum Gasteiger partial charge on any atom is 0.190 e. The molecule has 7 heteroatoms. The Kier molecular flexibility index (Phi) is 15.1. The van der Waals surface area contributed by atoms with E-state index in [9.17, 15) is 0 Å². The van der Waals surface area contributed by atoms with E-state index in [4.69, 9.17) is 0 Å². The molecular formula is C17H35IN6. The predicted molar refractivity (Wildman–Crippen MR) is 113 cm³/mol. The fourth-order valence-corrected chi connectivity index (χ4v) is 2.39. The van der Waals surface area contributed by atoms with Gasteiger partial charge in [-0.15, -0.1) is 24.0 Å². The highest BCUT2D eigenvalue weighted by Gasteiger charge is 1.98. The Labute approximate surface area is 164 Å². The summed E-state index contributed by atoms with van der Waals surface area (Å²) in [5.74, 6) is 0.901. The van der Waals surface area contributed by atoms with Crippen LogP contribution in [-0.2, 0) is 6.54 Å². The second-order valence-electron chi connectivity index (χ2n) is 6.12. The van der Waals surface area contributed by atoms with Crippen LogP contribution in [0.4, 0.5) is 0 Å². The number of halogens is 1. The fraction of sp³-hybridized carbons (Fsp3) is 0.765. The molecule has 0 spiro atoms. The summed E-state index contributed by atoms with van der Waals surface area (Å²) < 4.78 is 1.95. The molecule has 140 valence electrons. The van der Waals surface area contributed by atoms with Gasteiger partial charge in [-0.3, -0.25) is 9.67 Å². The Morgan fingerprint density at radius 1 is 1.04 bits per heavy atom. The quantitative estimate of drug-likeness (QED) is 0.223. The van der Waals surface area contributed by atoms with Crippen LogP contribution in [0.3, 0.4) is 0 Å². The minimum absolute atomic E-state index is 0.